The number of nitrogens with zero attached hydrogens (tertiary/aromatic N) is 2. The Kier molecular flexibility index (Phi) is 4.51. The van der Waals surface area contributed by atoms with Crippen molar-refractivity contribution in [2.24, 2.45) is 0 Å². The van der Waals surface area contributed by atoms with E-state index in [2.05, 4.69) is 10.3 Å². The molecule has 0 aliphatic carbocycles. The fourth-order valence-corrected chi connectivity index (χ4v) is 1.89. The Labute approximate surface area is 120 Å². The largest absolute Gasteiger partial charge is 0.387 e. The lowest BCUT2D eigenvalue weighted by Crippen LogP contribution is -2.13. The molecule has 2 aromatic rings. The second kappa shape index (κ2) is 6.33. The number of aromatic nitrogens is 1. The highest BCUT2D eigenvalue weighted by Crippen LogP contribution is 2.21. The van der Waals surface area contributed by atoms with Gasteiger partial charge in [-0.3, -0.25) is 0 Å². The lowest BCUT2D eigenvalue weighted by molar-refractivity contribution is 0.191. The first-order chi connectivity index (χ1) is 9.60. The Morgan fingerprint density at radius 1 is 1.45 bits per heavy atom. The first-order valence-electron chi connectivity index (χ1n) is 5.83. The van der Waals surface area contributed by atoms with Gasteiger partial charge in [0.2, 0.25) is 0 Å². The summed E-state index contributed by atoms with van der Waals surface area (Å²) in [7, 11) is 0. The molecule has 0 spiro atoms. The van der Waals surface area contributed by atoms with Crippen molar-refractivity contribution in [3.05, 3.63) is 58.5 Å². The topological polar surface area (TPSA) is 68.9 Å². The number of halogens is 2. The summed E-state index contributed by atoms with van der Waals surface area (Å²) in [4.78, 5) is 3.98. The molecule has 0 amide bonds. The third-order valence-electron chi connectivity index (χ3n) is 2.67. The van der Waals surface area contributed by atoms with Crippen LogP contribution < -0.4 is 5.32 Å². The van der Waals surface area contributed by atoms with Crippen LogP contribution in [0.3, 0.4) is 0 Å². The van der Waals surface area contributed by atoms with Gasteiger partial charge in [0.1, 0.15) is 17.7 Å². The molecule has 1 atom stereocenters. The van der Waals surface area contributed by atoms with Gasteiger partial charge >= 0.3 is 0 Å². The third kappa shape index (κ3) is 3.44. The summed E-state index contributed by atoms with van der Waals surface area (Å²) in [5.74, 6) is -0.0443. The Morgan fingerprint density at radius 2 is 2.25 bits per heavy atom. The van der Waals surface area contributed by atoms with Crippen LogP contribution >= 0.6 is 11.6 Å². The van der Waals surface area contributed by atoms with Gasteiger partial charge in [-0.05, 0) is 23.8 Å². The highest BCUT2D eigenvalue weighted by Gasteiger charge is 2.10. The fourth-order valence-electron chi connectivity index (χ4n) is 1.65. The van der Waals surface area contributed by atoms with E-state index >= 15 is 0 Å². The molecule has 0 aliphatic heterocycles. The van der Waals surface area contributed by atoms with Crippen molar-refractivity contribution in [1.29, 1.82) is 5.26 Å². The van der Waals surface area contributed by atoms with Crippen LogP contribution in [0.25, 0.3) is 0 Å². The van der Waals surface area contributed by atoms with E-state index in [1.807, 2.05) is 6.07 Å². The number of pyridine rings is 1. The van der Waals surface area contributed by atoms with Gasteiger partial charge in [-0.1, -0.05) is 23.7 Å². The van der Waals surface area contributed by atoms with Crippen LogP contribution in [-0.4, -0.2) is 16.6 Å². The van der Waals surface area contributed by atoms with Crippen molar-refractivity contribution >= 4 is 17.4 Å². The van der Waals surface area contributed by atoms with Crippen molar-refractivity contribution < 1.29 is 9.50 Å². The summed E-state index contributed by atoms with van der Waals surface area (Å²) in [5, 5.41) is 21.8. The average Bonchev–Trinajstić information content (AvgIpc) is 2.45. The standard InChI is InChI=1S/C14H11ClFN3O/c15-12-4-9(6-17)7-18-14(12)19-8-13(20)10-2-1-3-11(16)5-10/h1-5,7,13,20H,8H2,(H,18,19)/t13-/m1/s1. The molecule has 1 aromatic heterocycles. The maximum Gasteiger partial charge on any atom is 0.144 e. The Bertz CT molecular complexity index is 657. The first-order valence-corrected chi connectivity index (χ1v) is 6.21. The second-order valence-electron chi connectivity index (χ2n) is 4.12. The molecular formula is C14H11ClFN3O. The van der Waals surface area contributed by atoms with Crippen LogP contribution in [0.5, 0.6) is 0 Å². The van der Waals surface area contributed by atoms with Crippen molar-refractivity contribution in [3.63, 3.8) is 0 Å². The van der Waals surface area contributed by atoms with E-state index in [0.29, 0.717) is 16.9 Å². The molecule has 1 heterocycles. The number of aliphatic hydroxyl groups excluding tert-OH is 1. The predicted octanol–water partition coefficient (Wildman–Crippen LogP) is 2.89. The quantitative estimate of drug-likeness (QED) is 0.909. The summed E-state index contributed by atoms with van der Waals surface area (Å²) in [5.41, 5.74) is 0.813. The van der Waals surface area contributed by atoms with E-state index in [1.54, 1.807) is 6.07 Å². The zero-order chi connectivity index (χ0) is 14.5. The molecule has 20 heavy (non-hydrogen) atoms. The van der Waals surface area contributed by atoms with Gasteiger partial charge in [0.25, 0.3) is 0 Å². The summed E-state index contributed by atoms with van der Waals surface area (Å²) in [6.07, 6.45) is 0.488. The highest BCUT2D eigenvalue weighted by molar-refractivity contribution is 6.33. The van der Waals surface area contributed by atoms with Gasteiger partial charge < -0.3 is 10.4 Å². The van der Waals surface area contributed by atoms with E-state index in [4.69, 9.17) is 16.9 Å². The van der Waals surface area contributed by atoms with Gasteiger partial charge in [0.15, 0.2) is 0 Å². The molecular weight excluding hydrogens is 281 g/mol. The zero-order valence-electron chi connectivity index (χ0n) is 10.3. The minimum absolute atomic E-state index is 0.127. The van der Waals surface area contributed by atoms with Gasteiger partial charge in [-0.15, -0.1) is 0 Å². The van der Waals surface area contributed by atoms with Crippen LogP contribution in [0.15, 0.2) is 36.5 Å². The van der Waals surface area contributed by atoms with Crippen LogP contribution in [-0.2, 0) is 0 Å². The van der Waals surface area contributed by atoms with E-state index in [9.17, 15) is 9.50 Å². The smallest absolute Gasteiger partial charge is 0.144 e. The molecule has 0 aliphatic rings. The van der Waals surface area contributed by atoms with E-state index in [-0.39, 0.29) is 11.6 Å². The normalized spacial score (nSPS) is 11.7. The molecule has 0 fully saturated rings. The Balaban J connectivity index is 2.04. The number of rotatable bonds is 4. The molecule has 6 heteroatoms. The number of hydrogen-bond acceptors (Lipinski definition) is 4. The number of aliphatic hydroxyl groups is 1. The minimum atomic E-state index is -0.890. The van der Waals surface area contributed by atoms with Crippen molar-refractivity contribution in [2.45, 2.75) is 6.10 Å². The number of nitriles is 1. The molecule has 2 N–H and O–H groups in total. The Morgan fingerprint density at radius 3 is 2.90 bits per heavy atom. The number of nitrogens with one attached hydrogen (secondary N) is 1. The van der Waals surface area contributed by atoms with Crippen molar-refractivity contribution in [3.8, 4) is 6.07 Å². The predicted molar refractivity (Wildman–Crippen MR) is 73.8 cm³/mol. The Hall–Kier alpha value is -2.16. The van der Waals surface area contributed by atoms with E-state index in [0.717, 1.165) is 0 Å². The third-order valence-corrected chi connectivity index (χ3v) is 2.95. The number of hydrogen-bond donors (Lipinski definition) is 2. The molecule has 4 nitrogen and oxygen atoms in total. The van der Waals surface area contributed by atoms with Crippen molar-refractivity contribution in [1.82, 2.24) is 4.98 Å². The van der Waals surface area contributed by atoms with Crippen molar-refractivity contribution in [2.75, 3.05) is 11.9 Å². The minimum Gasteiger partial charge on any atom is -0.387 e. The van der Waals surface area contributed by atoms with Crippen LogP contribution in [0, 0.1) is 17.1 Å². The molecule has 0 bridgehead atoms. The molecule has 0 saturated carbocycles. The number of anilines is 1. The summed E-state index contributed by atoms with van der Waals surface area (Å²) in [6.45, 7) is 0.127. The van der Waals surface area contributed by atoms with E-state index in [1.165, 1.54) is 30.5 Å². The van der Waals surface area contributed by atoms with Gasteiger partial charge in [0.05, 0.1) is 16.7 Å². The van der Waals surface area contributed by atoms with Gasteiger partial charge in [0, 0.05) is 12.7 Å². The van der Waals surface area contributed by atoms with E-state index < -0.39 is 11.9 Å². The molecule has 0 radical (unpaired) electrons. The maximum atomic E-state index is 13.0. The summed E-state index contributed by atoms with van der Waals surface area (Å²) >= 11 is 5.95. The van der Waals surface area contributed by atoms with Gasteiger partial charge in [-0.25, -0.2) is 9.37 Å². The maximum absolute atomic E-state index is 13.0. The van der Waals surface area contributed by atoms with Crippen LogP contribution in [0.1, 0.15) is 17.2 Å². The van der Waals surface area contributed by atoms with Crippen LogP contribution in [0.4, 0.5) is 10.2 Å². The average molecular weight is 292 g/mol. The summed E-state index contributed by atoms with van der Waals surface area (Å²) in [6, 6.07) is 9.13. The van der Waals surface area contributed by atoms with Gasteiger partial charge in [-0.2, -0.15) is 5.26 Å². The molecule has 0 unspecified atom stereocenters. The lowest BCUT2D eigenvalue weighted by Gasteiger charge is -2.13. The zero-order valence-corrected chi connectivity index (χ0v) is 11.1. The number of benzene rings is 1. The molecule has 0 saturated heterocycles. The molecule has 1 aromatic carbocycles. The van der Waals surface area contributed by atoms with Crippen LogP contribution in [0.2, 0.25) is 5.02 Å². The lowest BCUT2D eigenvalue weighted by atomic mass is 10.1. The second-order valence-corrected chi connectivity index (χ2v) is 4.53. The fraction of sp³-hybridized carbons (Fsp3) is 0.143. The molecule has 2 rings (SSSR count). The summed E-state index contributed by atoms with van der Waals surface area (Å²) < 4.78 is 13.0. The first kappa shape index (κ1) is 14.3. The molecule has 102 valence electrons. The monoisotopic (exact) mass is 291 g/mol. The highest BCUT2D eigenvalue weighted by atomic mass is 35.5. The SMILES string of the molecule is N#Cc1cnc(NC[C@@H](O)c2cccc(F)c2)c(Cl)c1.